The quantitative estimate of drug-likeness (QED) is 0.697. The monoisotopic (exact) mass is 306 g/mol. The first-order valence-electron chi connectivity index (χ1n) is 7.06. The van der Waals surface area contributed by atoms with E-state index in [2.05, 4.69) is 15.2 Å². The number of thiazole rings is 1. The molecule has 0 radical (unpaired) electrons. The predicted molar refractivity (Wildman–Crippen MR) is 85.3 cm³/mol. The lowest BCUT2D eigenvalue weighted by molar-refractivity contribution is -0.384. The average molecular weight is 306 g/mol. The summed E-state index contributed by atoms with van der Waals surface area (Å²) in [6.45, 7) is 3.58. The minimum Gasteiger partial charge on any atom is -0.364 e. The second kappa shape index (κ2) is 5.57. The molecule has 2 aromatic rings. The fourth-order valence-electron chi connectivity index (χ4n) is 2.90. The number of hydrogen-bond donors (Lipinski definition) is 1. The number of piperidine rings is 1. The van der Waals surface area contributed by atoms with Gasteiger partial charge in [0, 0.05) is 25.2 Å². The number of anilines is 1. The van der Waals surface area contributed by atoms with Crippen LogP contribution in [0.4, 0.5) is 11.4 Å². The highest BCUT2D eigenvalue weighted by Gasteiger charge is 2.26. The Labute approximate surface area is 126 Å². The van der Waals surface area contributed by atoms with E-state index < -0.39 is 0 Å². The van der Waals surface area contributed by atoms with E-state index >= 15 is 0 Å². The summed E-state index contributed by atoms with van der Waals surface area (Å²) >= 11 is 1.50. The first kappa shape index (κ1) is 14.2. The maximum atomic E-state index is 11.4. The Kier molecular flexibility index (Phi) is 3.77. The summed E-state index contributed by atoms with van der Waals surface area (Å²) in [5, 5.41) is 15.6. The number of nitro groups is 1. The molecule has 0 saturated carbocycles. The number of nitrogens with one attached hydrogen (secondary N) is 1. The molecule has 3 rings (SSSR count). The van der Waals surface area contributed by atoms with Crippen LogP contribution in [0.3, 0.4) is 0 Å². The minimum absolute atomic E-state index is 0.183. The lowest BCUT2D eigenvalue weighted by Crippen LogP contribution is -2.44. The lowest BCUT2D eigenvalue weighted by atomic mass is 10.0. The van der Waals surface area contributed by atoms with Crippen molar-refractivity contribution in [3.63, 3.8) is 0 Å². The number of hydrogen-bond acceptors (Lipinski definition) is 6. The first-order chi connectivity index (χ1) is 10.1. The van der Waals surface area contributed by atoms with Crippen molar-refractivity contribution in [1.82, 2.24) is 10.3 Å². The van der Waals surface area contributed by atoms with Gasteiger partial charge in [-0.3, -0.25) is 10.1 Å². The van der Waals surface area contributed by atoms with E-state index in [4.69, 9.17) is 0 Å². The molecular formula is C14H18N4O2S. The summed E-state index contributed by atoms with van der Waals surface area (Å²) < 4.78 is 0.880. The fraction of sp³-hybridized carbons (Fsp3) is 0.500. The maximum Gasteiger partial charge on any atom is 0.294 e. The highest BCUT2D eigenvalue weighted by Crippen LogP contribution is 2.36. The number of aryl methyl sites for hydroxylation is 1. The van der Waals surface area contributed by atoms with Crippen molar-refractivity contribution < 1.29 is 4.92 Å². The summed E-state index contributed by atoms with van der Waals surface area (Å²) in [6.07, 6.45) is 2.15. The summed E-state index contributed by atoms with van der Waals surface area (Å²) in [4.78, 5) is 17.7. The van der Waals surface area contributed by atoms with Crippen LogP contribution >= 0.6 is 11.3 Å². The Morgan fingerprint density at radius 1 is 1.52 bits per heavy atom. The second-order valence-electron chi connectivity index (χ2n) is 5.37. The van der Waals surface area contributed by atoms with Crippen molar-refractivity contribution in [2.45, 2.75) is 25.8 Å². The number of benzene rings is 1. The number of rotatable bonds is 3. The third kappa shape index (κ3) is 2.71. The van der Waals surface area contributed by atoms with Gasteiger partial charge in [0.25, 0.3) is 5.69 Å². The van der Waals surface area contributed by atoms with Crippen LogP contribution in [0, 0.1) is 17.0 Å². The lowest BCUT2D eigenvalue weighted by Gasteiger charge is -2.33. The first-order valence-corrected chi connectivity index (χ1v) is 7.88. The molecule has 1 aliphatic heterocycles. The van der Waals surface area contributed by atoms with E-state index in [-0.39, 0.29) is 10.6 Å². The molecule has 0 spiro atoms. The van der Waals surface area contributed by atoms with Gasteiger partial charge in [-0.05, 0) is 32.9 Å². The van der Waals surface area contributed by atoms with Crippen molar-refractivity contribution in [1.29, 1.82) is 0 Å². The Morgan fingerprint density at radius 2 is 2.33 bits per heavy atom. The van der Waals surface area contributed by atoms with Crippen LogP contribution in [0.25, 0.3) is 10.2 Å². The molecule has 0 amide bonds. The topological polar surface area (TPSA) is 71.3 Å². The van der Waals surface area contributed by atoms with Crippen LogP contribution in [0.5, 0.6) is 0 Å². The SMILES string of the molecule is CNC1CCCN(c2cc3nc(C)sc3cc2[N+](=O)[O-])C1. The molecule has 1 aromatic heterocycles. The molecular weight excluding hydrogens is 288 g/mol. The van der Waals surface area contributed by atoms with E-state index in [1.807, 2.05) is 20.0 Å². The number of likely N-dealkylation sites (N-methyl/N-ethyl adjacent to an activating group) is 1. The van der Waals surface area contributed by atoms with Gasteiger partial charge in [0.15, 0.2) is 0 Å². The smallest absolute Gasteiger partial charge is 0.294 e. The van der Waals surface area contributed by atoms with E-state index in [1.165, 1.54) is 11.3 Å². The third-order valence-electron chi connectivity index (χ3n) is 3.96. The summed E-state index contributed by atoms with van der Waals surface area (Å²) in [6, 6.07) is 3.92. The largest absolute Gasteiger partial charge is 0.364 e. The molecule has 21 heavy (non-hydrogen) atoms. The minimum atomic E-state index is -0.285. The second-order valence-corrected chi connectivity index (χ2v) is 6.61. The molecule has 1 aliphatic rings. The van der Waals surface area contributed by atoms with Gasteiger partial charge < -0.3 is 10.2 Å². The van der Waals surface area contributed by atoms with E-state index in [1.54, 1.807) is 6.07 Å². The Morgan fingerprint density at radius 3 is 3.05 bits per heavy atom. The predicted octanol–water partition coefficient (Wildman–Crippen LogP) is 2.70. The average Bonchev–Trinajstić information content (AvgIpc) is 2.85. The molecule has 112 valence electrons. The molecule has 1 saturated heterocycles. The number of nitrogens with zero attached hydrogens (tertiary/aromatic N) is 3. The number of aromatic nitrogens is 1. The van der Waals surface area contributed by atoms with Crippen molar-refractivity contribution in [3.8, 4) is 0 Å². The summed E-state index contributed by atoms with van der Waals surface area (Å²) in [7, 11) is 1.94. The highest BCUT2D eigenvalue weighted by molar-refractivity contribution is 7.18. The molecule has 0 aliphatic carbocycles. The van der Waals surface area contributed by atoms with Crippen molar-refractivity contribution >= 4 is 32.9 Å². The van der Waals surface area contributed by atoms with Crippen LogP contribution in [-0.2, 0) is 0 Å². The van der Waals surface area contributed by atoms with Gasteiger partial charge in [-0.1, -0.05) is 0 Å². The van der Waals surface area contributed by atoms with Crippen LogP contribution in [0.2, 0.25) is 0 Å². The van der Waals surface area contributed by atoms with Crippen molar-refractivity contribution in [3.05, 3.63) is 27.3 Å². The summed E-state index contributed by atoms with van der Waals surface area (Å²) in [5.74, 6) is 0. The zero-order valence-electron chi connectivity index (χ0n) is 12.1. The van der Waals surface area contributed by atoms with Gasteiger partial charge >= 0.3 is 0 Å². The fourth-order valence-corrected chi connectivity index (χ4v) is 3.74. The number of fused-ring (bicyclic) bond motifs is 1. The zero-order chi connectivity index (χ0) is 15.0. The Hall–Kier alpha value is -1.73. The van der Waals surface area contributed by atoms with Gasteiger partial charge in [-0.15, -0.1) is 11.3 Å². The maximum absolute atomic E-state index is 11.4. The highest BCUT2D eigenvalue weighted by atomic mass is 32.1. The molecule has 6 nitrogen and oxygen atoms in total. The van der Waals surface area contributed by atoms with Gasteiger partial charge in [0.1, 0.15) is 5.69 Å². The Bertz CT molecular complexity index is 685. The van der Waals surface area contributed by atoms with Gasteiger partial charge in [0.05, 0.1) is 20.1 Å². The molecule has 1 unspecified atom stereocenters. The van der Waals surface area contributed by atoms with Gasteiger partial charge in [0.2, 0.25) is 0 Å². The van der Waals surface area contributed by atoms with Gasteiger partial charge in [-0.25, -0.2) is 4.98 Å². The van der Waals surface area contributed by atoms with Crippen LogP contribution in [0.15, 0.2) is 12.1 Å². The van der Waals surface area contributed by atoms with Gasteiger partial charge in [-0.2, -0.15) is 0 Å². The van der Waals surface area contributed by atoms with Crippen LogP contribution in [0.1, 0.15) is 17.8 Å². The van der Waals surface area contributed by atoms with E-state index in [9.17, 15) is 10.1 Å². The van der Waals surface area contributed by atoms with E-state index in [0.29, 0.717) is 11.7 Å². The molecule has 1 aromatic carbocycles. The third-order valence-corrected chi connectivity index (χ3v) is 4.89. The standard InChI is InChI=1S/C14H18N4O2S/c1-9-16-11-6-12(13(18(19)20)7-14(11)21-9)17-5-3-4-10(8-17)15-2/h6-7,10,15H,3-5,8H2,1-2H3. The molecule has 1 atom stereocenters. The molecule has 0 bridgehead atoms. The normalized spacial score (nSPS) is 19.1. The number of nitro benzene ring substituents is 1. The van der Waals surface area contributed by atoms with E-state index in [0.717, 1.165) is 41.2 Å². The molecule has 1 fully saturated rings. The molecule has 2 heterocycles. The molecule has 7 heteroatoms. The van der Waals surface area contributed by atoms with Crippen LogP contribution < -0.4 is 10.2 Å². The molecule has 1 N–H and O–H groups in total. The van der Waals surface area contributed by atoms with Crippen LogP contribution in [-0.4, -0.2) is 36.1 Å². The Balaban J connectivity index is 2.06. The summed E-state index contributed by atoms with van der Waals surface area (Å²) in [5.41, 5.74) is 1.73. The van der Waals surface area contributed by atoms with Crippen molar-refractivity contribution in [2.75, 3.05) is 25.0 Å². The van der Waals surface area contributed by atoms with Crippen molar-refractivity contribution in [2.24, 2.45) is 0 Å². The zero-order valence-corrected chi connectivity index (χ0v) is 12.9.